The lowest BCUT2D eigenvalue weighted by Crippen LogP contribution is -2.59. The maximum atomic E-state index is 10.1. The van der Waals surface area contributed by atoms with Crippen LogP contribution in [0.5, 0.6) is 5.75 Å². The molecule has 2 aliphatic rings. The van der Waals surface area contributed by atoms with Crippen LogP contribution in [0.15, 0.2) is 29.2 Å². The fraction of sp³-hybridized carbons (Fsp3) is 0.500. The van der Waals surface area contributed by atoms with E-state index in [0.29, 0.717) is 5.75 Å². The minimum atomic E-state index is -1.10. The Balaban J connectivity index is 1.88. The van der Waals surface area contributed by atoms with Crippen molar-refractivity contribution in [3.63, 3.8) is 0 Å². The van der Waals surface area contributed by atoms with Gasteiger partial charge in [0.05, 0.1) is 11.5 Å². The Kier molecular flexibility index (Phi) is 3.21. The van der Waals surface area contributed by atoms with Gasteiger partial charge in [-0.2, -0.15) is 0 Å². The van der Waals surface area contributed by atoms with E-state index < -0.39 is 29.9 Å². The van der Waals surface area contributed by atoms with Crippen molar-refractivity contribution >= 4 is 11.8 Å². The number of para-hydroxylation sites is 1. The number of aliphatic hydroxyl groups excluding tert-OH is 3. The first kappa shape index (κ1) is 12.3. The summed E-state index contributed by atoms with van der Waals surface area (Å²) in [4.78, 5) is 0.913. The smallest absolute Gasteiger partial charge is 0.215 e. The molecule has 1 aromatic rings. The molecule has 1 saturated heterocycles. The number of thioether (sulfide) groups is 1. The molecule has 6 heteroatoms. The van der Waals surface area contributed by atoms with Crippen molar-refractivity contribution in [2.75, 3.05) is 6.61 Å². The average molecular weight is 270 g/mol. The molecular formula is C12H14O5S. The molecule has 0 amide bonds. The zero-order chi connectivity index (χ0) is 12.7. The van der Waals surface area contributed by atoms with Crippen molar-refractivity contribution in [2.45, 2.75) is 34.7 Å². The second kappa shape index (κ2) is 4.71. The number of benzene rings is 1. The number of fused-ring (bicyclic) bond motifs is 2. The summed E-state index contributed by atoms with van der Waals surface area (Å²) in [5, 5.41) is 28.6. The molecule has 98 valence electrons. The Morgan fingerprint density at radius 3 is 2.72 bits per heavy atom. The van der Waals surface area contributed by atoms with Crippen LogP contribution in [0.4, 0.5) is 0 Å². The highest BCUT2D eigenvalue weighted by molar-refractivity contribution is 8.00. The summed E-state index contributed by atoms with van der Waals surface area (Å²) in [6.07, 6.45) is -3.55. The van der Waals surface area contributed by atoms with Crippen molar-refractivity contribution in [3.8, 4) is 5.75 Å². The molecule has 2 aliphatic heterocycles. The van der Waals surface area contributed by atoms with Gasteiger partial charge in [0, 0.05) is 0 Å². The van der Waals surface area contributed by atoms with E-state index >= 15 is 0 Å². The number of hydrogen-bond donors (Lipinski definition) is 3. The monoisotopic (exact) mass is 270 g/mol. The van der Waals surface area contributed by atoms with Gasteiger partial charge in [0.2, 0.25) is 6.29 Å². The van der Waals surface area contributed by atoms with E-state index in [1.165, 1.54) is 11.8 Å². The van der Waals surface area contributed by atoms with Crippen molar-refractivity contribution < 1.29 is 24.8 Å². The van der Waals surface area contributed by atoms with E-state index in [1.807, 2.05) is 24.3 Å². The molecule has 0 spiro atoms. The summed E-state index contributed by atoms with van der Waals surface area (Å²) >= 11 is 1.42. The molecule has 5 nitrogen and oxygen atoms in total. The van der Waals surface area contributed by atoms with Gasteiger partial charge in [-0.25, -0.2) is 0 Å². The maximum Gasteiger partial charge on any atom is 0.215 e. The normalized spacial score (nSPS) is 38.5. The van der Waals surface area contributed by atoms with Crippen LogP contribution < -0.4 is 4.74 Å². The van der Waals surface area contributed by atoms with Crippen LogP contribution in [-0.4, -0.2) is 51.8 Å². The highest BCUT2D eigenvalue weighted by Crippen LogP contribution is 2.43. The predicted octanol–water partition coefficient (Wildman–Crippen LogP) is -0.0213. The molecule has 5 atom stereocenters. The highest BCUT2D eigenvalue weighted by atomic mass is 32.2. The van der Waals surface area contributed by atoms with Crippen LogP contribution in [0.1, 0.15) is 0 Å². The van der Waals surface area contributed by atoms with Crippen LogP contribution in [0, 0.1) is 0 Å². The summed E-state index contributed by atoms with van der Waals surface area (Å²) < 4.78 is 11.1. The minimum Gasteiger partial charge on any atom is -0.462 e. The van der Waals surface area contributed by atoms with Gasteiger partial charge in [-0.1, -0.05) is 12.1 Å². The van der Waals surface area contributed by atoms with E-state index in [0.717, 1.165) is 4.90 Å². The first-order valence-electron chi connectivity index (χ1n) is 5.75. The highest BCUT2D eigenvalue weighted by Gasteiger charge is 2.48. The third-order valence-electron chi connectivity index (χ3n) is 3.18. The zero-order valence-corrected chi connectivity index (χ0v) is 10.3. The first-order valence-corrected chi connectivity index (χ1v) is 6.63. The van der Waals surface area contributed by atoms with Crippen molar-refractivity contribution in [2.24, 2.45) is 0 Å². The van der Waals surface area contributed by atoms with Crippen molar-refractivity contribution in [1.29, 1.82) is 0 Å². The number of rotatable bonds is 1. The Labute approximate surface area is 108 Å². The molecular weight excluding hydrogens is 256 g/mol. The van der Waals surface area contributed by atoms with Crippen molar-refractivity contribution in [1.82, 2.24) is 0 Å². The van der Waals surface area contributed by atoms with E-state index in [9.17, 15) is 10.2 Å². The Bertz CT molecular complexity index is 440. The summed E-state index contributed by atoms with van der Waals surface area (Å²) in [6.45, 7) is -0.350. The molecule has 2 heterocycles. The lowest BCUT2D eigenvalue weighted by molar-refractivity contribution is -0.227. The van der Waals surface area contributed by atoms with E-state index in [2.05, 4.69) is 0 Å². The Morgan fingerprint density at radius 2 is 1.94 bits per heavy atom. The second-order valence-electron chi connectivity index (χ2n) is 4.35. The number of aliphatic hydroxyl groups is 3. The SMILES string of the molecule is OC[C@H]1O[C@@H]2Oc3ccccc3S[C@@H]2[C@@H](O)[C@H]1O. The molecule has 1 aromatic carbocycles. The largest absolute Gasteiger partial charge is 0.462 e. The van der Waals surface area contributed by atoms with Crippen LogP contribution in [-0.2, 0) is 4.74 Å². The molecule has 3 N–H and O–H groups in total. The number of ether oxygens (including phenoxy) is 2. The van der Waals surface area contributed by atoms with Crippen LogP contribution in [0.2, 0.25) is 0 Å². The molecule has 3 rings (SSSR count). The molecule has 0 aromatic heterocycles. The van der Waals surface area contributed by atoms with Gasteiger partial charge < -0.3 is 24.8 Å². The lowest BCUT2D eigenvalue weighted by Gasteiger charge is -2.44. The van der Waals surface area contributed by atoms with Gasteiger partial charge in [-0.05, 0) is 12.1 Å². The Hall–Kier alpha value is -0.790. The van der Waals surface area contributed by atoms with E-state index in [-0.39, 0.29) is 6.61 Å². The molecule has 0 bridgehead atoms. The topological polar surface area (TPSA) is 79.2 Å². The standard InChI is InChI=1S/C12H14O5S/c13-5-7-9(14)10(15)11-12(17-7)16-6-3-1-2-4-8(6)18-11/h1-4,7,9-15H,5H2/t7-,9+,10+,11-,12+/m1/s1. The lowest BCUT2D eigenvalue weighted by atomic mass is 10.0. The van der Waals surface area contributed by atoms with Gasteiger partial charge in [-0.3, -0.25) is 0 Å². The van der Waals surface area contributed by atoms with Crippen molar-refractivity contribution in [3.05, 3.63) is 24.3 Å². The van der Waals surface area contributed by atoms with Crippen LogP contribution in [0.3, 0.4) is 0 Å². The fourth-order valence-corrected chi connectivity index (χ4v) is 3.41. The summed E-state index contributed by atoms with van der Waals surface area (Å²) in [6, 6.07) is 7.47. The zero-order valence-electron chi connectivity index (χ0n) is 9.47. The van der Waals surface area contributed by atoms with Crippen LogP contribution >= 0.6 is 11.8 Å². The van der Waals surface area contributed by atoms with Gasteiger partial charge in [-0.15, -0.1) is 11.8 Å². The van der Waals surface area contributed by atoms with Gasteiger partial charge in [0.15, 0.2) is 0 Å². The first-order chi connectivity index (χ1) is 8.70. The molecule has 0 saturated carbocycles. The summed E-state index contributed by atoms with van der Waals surface area (Å²) in [5.74, 6) is 0.698. The molecule has 1 fully saturated rings. The molecule has 0 radical (unpaired) electrons. The van der Waals surface area contributed by atoms with Crippen LogP contribution in [0.25, 0.3) is 0 Å². The quantitative estimate of drug-likeness (QED) is 0.665. The molecule has 18 heavy (non-hydrogen) atoms. The van der Waals surface area contributed by atoms with E-state index in [1.54, 1.807) is 0 Å². The van der Waals surface area contributed by atoms with Gasteiger partial charge >= 0.3 is 0 Å². The maximum absolute atomic E-state index is 10.1. The predicted molar refractivity (Wildman–Crippen MR) is 64.5 cm³/mol. The summed E-state index contributed by atoms with van der Waals surface area (Å²) in [5.41, 5.74) is 0. The Morgan fingerprint density at radius 1 is 1.17 bits per heavy atom. The molecule has 0 aliphatic carbocycles. The average Bonchev–Trinajstić information content (AvgIpc) is 2.41. The minimum absolute atomic E-state index is 0.350. The molecule has 0 unspecified atom stereocenters. The number of hydrogen-bond acceptors (Lipinski definition) is 6. The third-order valence-corrected chi connectivity index (χ3v) is 4.54. The second-order valence-corrected chi connectivity index (χ2v) is 5.57. The summed E-state index contributed by atoms with van der Waals surface area (Å²) in [7, 11) is 0. The van der Waals surface area contributed by atoms with Gasteiger partial charge in [0.25, 0.3) is 0 Å². The fourth-order valence-electron chi connectivity index (χ4n) is 2.19. The van der Waals surface area contributed by atoms with E-state index in [4.69, 9.17) is 14.6 Å². The third kappa shape index (κ3) is 1.90. The van der Waals surface area contributed by atoms with Gasteiger partial charge in [0.1, 0.15) is 29.3 Å².